The summed E-state index contributed by atoms with van der Waals surface area (Å²) in [6.45, 7) is 2.22. The van der Waals surface area contributed by atoms with Crippen molar-refractivity contribution < 1.29 is 4.79 Å². The fraction of sp³-hybridized carbons (Fsp3) is 0.250. The second-order valence-corrected chi connectivity index (χ2v) is 4.82. The number of thiazole rings is 1. The van der Waals surface area contributed by atoms with E-state index in [1.165, 1.54) is 6.07 Å². The number of nitrogens with two attached hydrogens (primary N) is 1. The molecule has 4 N–H and O–H groups in total. The Kier molecular flexibility index (Phi) is 3.96. The van der Waals surface area contributed by atoms with E-state index in [2.05, 4.69) is 15.3 Å². The lowest BCUT2D eigenvalue weighted by molar-refractivity contribution is 0.0950. The van der Waals surface area contributed by atoms with Crippen molar-refractivity contribution in [3.8, 4) is 0 Å². The summed E-state index contributed by atoms with van der Waals surface area (Å²) in [5, 5.41) is 4.40. The maximum absolute atomic E-state index is 12.0. The molecule has 0 aliphatic rings. The zero-order chi connectivity index (χ0) is 13.8. The number of pyridine rings is 1. The van der Waals surface area contributed by atoms with Crippen LogP contribution in [-0.2, 0) is 13.0 Å². The van der Waals surface area contributed by atoms with Crippen LogP contribution in [0.2, 0.25) is 0 Å². The molecule has 1 amide bonds. The number of nitrogens with one attached hydrogen (secondary N) is 2. The summed E-state index contributed by atoms with van der Waals surface area (Å²) in [5.41, 5.74) is 7.57. The number of hydrogen-bond acceptors (Lipinski definition) is 5. The van der Waals surface area contributed by atoms with Gasteiger partial charge in [0.05, 0.1) is 6.54 Å². The Labute approximate surface area is 113 Å². The molecule has 6 nitrogen and oxygen atoms in total. The monoisotopic (exact) mass is 278 g/mol. The molecular weight excluding hydrogens is 264 g/mol. The van der Waals surface area contributed by atoms with Crippen molar-refractivity contribution in [3.05, 3.63) is 44.1 Å². The zero-order valence-electron chi connectivity index (χ0n) is 10.4. The molecule has 0 radical (unpaired) electrons. The van der Waals surface area contributed by atoms with Gasteiger partial charge in [0.15, 0.2) is 0 Å². The van der Waals surface area contributed by atoms with Crippen LogP contribution in [0.3, 0.4) is 0 Å². The zero-order valence-corrected chi connectivity index (χ0v) is 11.2. The van der Waals surface area contributed by atoms with E-state index in [1.807, 2.05) is 6.92 Å². The third-order valence-corrected chi connectivity index (χ3v) is 3.25. The lowest BCUT2D eigenvalue weighted by Gasteiger charge is -2.06. The van der Waals surface area contributed by atoms with E-state index in [9.17, 15) is 9.59 Å². The van der Waals surface area contributed by atoms with Crippen LogP contribution >= 0.6 is 11.3 Å². The molecule has 0 unspecified atom stereocenters. The van der Waals surface area contributed by atoms with Crippen molar-refractivity contribution >= 4 is 23.1 Å². The largest absolute Gasteiger partial charge is 0.384 e. The highest BCUT2D eigenvalue weighted by Crippen LogP contribution is 2.08. The average molecular weight is 278 g/mol. The molecule has 0 saturated heterocycles. The lowest BCUT2D eigenvalue weighted by atomic mass is 10.2. The van der Waals surface area contributed by atoms with Gasteiger partial charge < -0.3 is 16.0 Å². The first-order valence-corrected chi connectivity index (χ1v) is 6.67. The maximum atomic E-state index is 12.0. The lowest BCUT2D eigenvalue weighted by Crippen LogP contribution is -2.23. The molecule has 0 saturated carbocycles. The van der Waals surface area contributed by atoms with Gasteiger partial charge in [-0.1, -0.05) is 18.3 Å². The Bertz CT molecular complexity index is 647. The van der Waals surface area contributed by atoms with Crippen molar-refractivity contribution in [1.29, 1.82) is 0 Å². The Morgan fingerprint density at radius 1 is 1.53 bits per heavy atom. The van der Waals surface area contributed by atoms with Gasteiger partial charge in [0.25, 0.3) is 5.91 Å². The second kappa shape index (κ2) is 5.66. The molecule has 0 bridgehead atoms. The highest BCUT2D eigenvalue weighted by Gasteiger charge is 2.08. The minimum absolute atomic E-state index is 0.134. The highest BCUT2D eigenvalue weighted by atomic mass is 32.1. The summed E-state index contributed by atoms with van der Waals surface area (Å²) in [5.74, 6) is 0.0873. The second-order valence-electron chi connectivity index (χ2n) is 3.98. The van der Waals surface area contributed by atoms with Gasteiger partial charge in [0, 0.05) is 22.3 Å². The quantitative estimate of drug-likeness (QED) is 0.773. The standard InChI is InChI=1S/C12H14N4O2S/c1-2-8-3-7(4-10(13)15-8)11(17)14-5-9-6-19-12(18)16-9/h3-4,6H,2,5H2,1H3,(H2,13,15)(H,14,17)(H,16,18). The van der Waals surface area contributed by atoms with Crippen molar-refractivity contribution in [3.63, 3.8) is 0 Å². The number of aromatic nitrogens is 2. The van der Waals surface area contributed by atoms with Crippen molar-refractivity contribution in [2.75, 3.05) is 5.73 Å². The van der Waals surface area contributed by atoms with Crippen LogP contribution < -0.4 is 15.9 Å². The van der Waals surface area contributed by atoms with Crippen molar-refractivity contribution in [2.24, 2.45) is 0 Å². The van der Waals surface area contributed by atoms with Crippen LogP contribution in [-0.4, -0.2) is 15.9 Å². The first-order valence-electron chi connectivity index (χ1n) is 5.80. The van der Waals surface area contributed by atoms with Crippen LogP contribution in [0.15, 0.2) is 22.3 Å². The van der Waals surface area contributed by atoms with Gasteiger partial charge >= 0.3 is 4.87 Å². The molecule has 0 spiro atoms. The van der Waals surface area contributed by atoms with Gasteiger partial charge in [0.2, 0.25) is 0 Å². The molecule has 0 aromatic carbocycles. The molecule has 19 heavy (non-hydrogen) atoms. The number of aromatic amines is 1. The summed E-state index contributed by atoms with van der Waals surface area (Å²) >= 11 is 1.07. The maximum Gasteiger partial charge on any atom is 0.304 e. The van der Waals surface area contributed by atoms with Crippen LogP contribution in [0.1, 0.15) is 28.7 Å². The molecule has 2 aromatic rings. The number of aryl methyl sites for hydroxylation is 1. The third-order valence-electron chi connectivity index (χ3n) is 2.53. The molecule has 2 aromatic heterocycles. The van der Waals surface area contributed by atoms with E-state index in [0.29, 0.717) is 23.5 Å². The van der Waals surface area contributed by atoms with Gasteiger partial charge in [-0.3, -0.25) is 9.59 Å². The summed E-state index contributed by atoms with van der Waals surface area (Å²) in [7, 11) is 0. The number of anilines is 1. The minimum atomic E-state index is -0.240. The Morgan fingerprint density at radius 3 is 2.95 bits per heavy atom. The van der Waals surface area contributed by atoms with Gasteiger partial charge in [-0.15, -0.1) is 0 Å². The van der Waals surface area contributed by atoms with Crippen molar-refractivity contribution in [2.45, 2.75) is 19.9 Å². The number of carbonyl (C=O) groups is 1. The SMILES string of the molecule is CCc1cc(C(=O)NCc2csc(=O)[nH]2)cc(N)n1. The van der Waals surface area contributed by atoms with Crippen molar-refractivity contribution in [1.82, 2.24) is 15.3 Å². The first-order chi connectivity index (χ1) is 9.08. The molecule has 0 fully saturated rings. The number of rotatable bonds is 4. The Hall–Kier alpha value is -2.15. The fourth-order valence-electron chi connectivity index (χ4n) is 1.60. The molecule has 100 valence electrons. The summed E-state index contributed by atoms with van der Waals surface area (Å²) in [4.78, 5) is 29.5. The number of nitrogen functional groups attached to an aromatic ring is 1. The predicted octanol–water partition coefficient (Wildman–Crippen LogP) is 0.906. The van der Waals surface area contributed by atoms with E-state index < -0.39 is 0 Å². The summed E-state index contributed by atoms with van der Waals surface area (Å²) < 4.78 is 0. The van der Waals surface area contributed by atoms with E-state index in [1.54, 1.807) is 11.4 Å². The highest BCUT2D eigenvalue weighted by molar-refractivity contribution is 7.07. The number of hydrogen-bond donors (Lipinski definition) is 3. The van der Waals surface area contributed by atoms with Crippen LogP contribution in [0.4, 0.5) is 5.82 Å². The molecule has 0 aliphatic heterocycles. The van der Waals surface area contributed by atoms with Gasteiger partial charge in [0.1, 0.15) is 5.82 Å². The first kappa shape index (κ1) is 13.3. The number of carbonyl (C=O) groups excluding carboxylic acids is 1. The van der Waals surface area contributed by atoms with Crippen LogP contribution in [0.5, 0.6) is 0 Å². The topological polar surface area (TPSA) is 101 Å². The van der Waals surface area contributed by atoms with Gasteiger partial charge in [-0.25, -0.2) is 4.98 Å². The number of nitrogens with zero attached hydrogens (tertiary/aromatic N) is 1. The third kappa shape index (κ3) is 3.41. The van der Waals surface area contributed by atoms with Gasteiger partial charge in [-0.2, -0.15) is 0 Å². The predicted molar refractivity (Wildman–Crippen MR) is 74.1 cm³/mol. The van der Waals surface area contributed by atoms with E-state index in [0.717, 1.165) is 17.0 Å². The number of H-pyrrole nitrogens is 1. The molecule has 7 heteroatoms. The van der Waals surface area contributed by atoms with Crippen LogP contribution in [0.25, 0.3) is 0 Å². The molecule has 0 atom stereocenters. The number of amides is 1. The van der Waals surface area contributed by atoms with E-state index in [-0.39, 0.29) is 17.3 Å². The Morgan fingerprint density at radius 2 is 2.32 bits per heavy atom. The molecule has 2 rings (SSSR count). The van der Waals surface area contributed by atoms with Gasteiger partial charge in [-0.05, 0) is 18.6 Å². The fourth-order valence-corrected chi connectivity index (χ4v) is 2.18. The smallest absolute Gasteiger partial charge is 0.304 e. The summed E-state index contributed by atoms with van der Waals surface area (Å²) in [6.07, 6.45) is 0.711. The molecule has 0 aliphatic carbocycles. The molecular formula is C12H14N4O2S. The average Bonchev–Trinajstić information content (AvgIpc) is 2.81. The van der Waals surface area contributed by atoms with E-state index >= 15 is 0 Å². The molecule has 2 heterocycles. The van der Waals surface area contributed by atoms with Crippen LogP contribution in [0, 0.1) is 0 Å². The summed E-state index contributed by atoms with van der Waals surface area (Å²) in [6, 6.07) is 3.24. The van der Waals surface area contributed by atoms with E-state index in [4.69, 9.17) is 5.73 Å². The minimum Gasteiger partial charge on any atom is -0.384 e. The Balaban J connectivity index is 2.07. The normalized spacial score (nSPS) is 10.4.